The number of aromatic hydroxyl groups is 2. The van der Waals surface area contributed by atoms with Gasteiger partial charge in [0.1, 0.15) is 11.5 Å². The van der Waals surface area contributed by atoms with Gasteiger partial charge < -0.3 is 10.2 Å². The van der Waals surface area contributed by atoms with Crippen LogP contribution in [0.4, 0.5) is 0 Å². The SMILES string of the molecule is CCCCCCCCCCCCCCCC=CC=CC=Cc1c(O)cccc1O. The third-order valence-electron chi connectivity index (χ3n) is 5.27. The van der Waals surface area contributed by atoms with E-state index in [0.29, 0.717) is 5.56 Å². The van der Waals surface area contributed by atoms with Crippen molar-refractivity contribution in [3.8, 4) is 11.5 Å². The van der Waals surface area contributed by atoms with Crippen LogP contribution in [0.15, 0.2) is 48.6 Å². The zero-order valence-electron chi connectivity index (χ0n) is 18.5. The third-order valence-corrected chi connectivity index (χ3v) is 5.27. The molecule has 0 bridgehead atoms. The van der Waals surface area contributed by atoms with Crippen molar-refractivity contribution in [3.63, 3.8) is 0 Å². The summed E-state index contributed by atoms with van der Waals surface area (Å²) < 4.78 is 0. The summed E-state index contributed by atoms with van der Waals surface area (Å²) in [4.78, 5) is 0. The first kappa shape index (κ1) is 25.1. The van der Waals surface area contributed by atoms with Crippen molar-refractivity contribution in [1.82, 2.24) is 0 Å². The van der Waals surface area contributed by atoms with Gasteiger partial charge in [0, 0.05) is 0 Å². The number of hydrogen-bond acceptors (Lipinski definition) is 2. The molecule has 0 radical (unpaired) electrons. The summed E-state index contributed by atoms with van der Waals surface area (Å²) >= 11 is 0. The molecule has 0 heterocycles. The predicted molar refractivity (Wildman–Crippen MR) is 127 cm³/mol. The lowest BCUT2D eigenvalue weighted by Gasteiger charge is -2.02. The Labute approximate surface area is 179 Å². The molecule has 0 aliphatic rings. The van der Waals surface area contributed by atoms with Crippen LogP contribution in [0.3, 0.4) is 0 Å². The van der Waals surface area contributed by atoms with E-state index in [0.717, 1.165) is 6.42 Å². The minimum Gasteiger partial charge on any atom is -0.507 e. The highest BCUT2D eigenvalue weighted by atomic mass is 16.3. The molecule has 0 saturated heterocycles. The van der Waals surface area contributed by atoms with E-state index >= 15 is 0 Å². The zero-order valence-corrected chi connectivity index (χ0v) is 18.5. The first-order valence-electron chi connectivity index (χ1n) is 11.8. The molecule has 1 rings (SSSR count). The quantitative estimate of drug-likeness (QED) is 0.203. The van der Waals surface area contributed by atoms with E-state index in [2.05, 4.69) is 19.1 Å². The minimum absolute atomic E-state index is 0.0904. The molecule has 2 N–H and O–H groups in total. The average molecular weight is 399 g/mol. The molecule has 0 fully saturated rings. The Morgan fingerprint density at radius 3 is 1.66 bits per heavy atom. The number of phenols is 2. The van der Waals surface area contributed by atoms with Gasteiger partial charge in [-0.2, -0.15) is 0 Å². The molecule has 2 nitrogen and oxygen atoms in total. The maximum Gasteiger partial charge on any atom is 0.126 e. The van der Waals surface area contributed by atoms with Crippen LogP contribution in [-0.4, -0.2) is 10.2 Å². The maximum atomic E-state index is 9.69. The van der Waals surface area contributed by atoms with Crippen LogP contribution in [0.25, 0.3) is 6.08 Å². The Hall–Kier alpha value is -1.96. The molecule has 0 aliphatic heterocycles. The van der Waals surface area contributed by atoms with Crippen LogP contribution >= 0.6 is 0 Å². The molecule has 0 atom stereocenters. The van der Waals surface area contributed by atoms with Crippen LogP contribution in [0.1, 0.15) is 102 Å². The Morgan fingerprint density at radius 2 is 1.10 bits per heavy atom. The van der Waals surface area contributed by atoms with Gasteiger partial charge in [-0.3, -0.25) is 0 Å². The molecule has 0 aliphatic carbocycles. The lowest BCUT2D eigenvalue weighted by atomic mass is 10.0. The molecule has 0 saturated carbocycles. The van der Waals surface area contributed by atoms with Crippen molar-refractivity contribution in [2.75, 3.05) is 0 Å². The van der Waals surface area contributed by atoms with Crippen molar-refractivity contribution >= 4 is 6.08 Å². The highest BCUT2D eigenvalue weighted by Gasteiger charge is 2.01. The highest BCUT2D eigenvalue weighted by Crippen LogP contribution is 2.27. The number of unbranched alkanes of at least 4 members (excludes halogenated alkanes) is 13. The van der Waals surface area contributed by atoms with Crippen molar-refractivity contribution in [2.24, 2.45) is 0 Å². The van der Waals surface area contributed by atoms with E-state index in [4.69, 9.17) is 0 Å². The van der Waals surface area contributed by atoms with Crippen LogP contribution < -0.4 is 0 Å². The van der Waals surface area contributed by atoms with Gasteiger partial charge >= 0.3 is 0 Å². The molecular formula is C27H42O2. The molecule has 0 unspecified atom stereocenters. The van der Waals surface area contributed by atoms with Crippen molar-refractivity contribution in [1.29, 1.82) is 0 Å². The van der Waals surface area contributed by atoms with Gasteiger partial charge in [-0.15, -0.1) is 0 Å². The Bertz CT molecular complexity index is 578. The molecule has 0 amide bonds. The van der Waals surface area contributed by atoms with E-state index in [9.17, 15) is 10.2 Å². The molecule has 0 spiro atoms. The third kappa shape index (κ3) is 13.8. The highest BCUT2D eigenvalue weighted by molar-refractivity contribution is 5.64. The normalized spacial score (nSPS) is 12.0. The van der Waals surface area contributed by atoms with Crippen molar-refractivity contribution in [3.05, 3.63) is 54.1 Å². The molecule has 2 heteroatoms. The summed E-state index contributed by atoms with van der Waals surface area (Å²) in [7, 11) is 0. The minimum atomic E-state index is 0.0904. The first-order chi connectivity index (χ1) is 14.3. The van der Waals surface area contributed by atoms with E-state index in [-0.39, 0.29) is 11.5 Å². The van der Waals surface area contributed by atoms with Gasteiger partial charge in [-0.05, 0) is 31.1 Å². The van der Waals surface area contributed by atoms with Crippen LogP contribution in [0.2, 0.25) is 0 Å². The zero-order chi connectivity index (χ0) is 21.0. The van der Waals surface area contributed by atoms with E-state index < -0.39 is 0 Å². The summed E-state index contributed by atoms with van der Waals surface area (Å²) in [5.41, 5.74) is 0.452. The topological polar surface area (TPSA) is 40.5 Å². The molecular weight excluding hydrogens is 356 g/mol. The Morgan fingerprint density at radius 1 is 0.621 bits per heavy atom. The smallest absolute Gasteiger partial charge is 0.126 e. The van der Waals surface area contributed by atoms with Gasteiger partial charge in [0.15, 0.2) is 0 Å². The number of phenolic OH excluding ortho intramolecular Hbond substituents is 2. The Kier molecular flexibility index (Phi) is 15.6. The van der Waals surface area contributed by atoms with Gasteiger partial charge in [0.05, 0.1) is 5.56 Å². The molecule has 1 aromatic carbocycles. The van der Waals surface area contributed by atoms with Gasteiger partial charge in [0.2, 0.25) is 0 Å². The molecule has 1 aromatic rings. The average Bonchev–Trinajstić information content (AvgIpc) is 2.71. The summed E-state index contributed by atoms with van der Waals surface area (Å²) in [6, 6.07) is 4.76. The number of allylic oxidation sites excluding steroid dienone is 5. The number of hydrogen-bond donors (Lipinski definition) is 2. The largest absolute Gasteiger partial charge is 0.507 e. The Balaban J connectivity index is 1.93. The molecule has 29 heavy (non-hydrogen) atoms. The van der Waals surface area contributed by atoms with E-state index in [1.807, 2.05) is 18.2 Å². The predicted octanol–water partition coefficient (Wildman–Crippen LogP) is 8.70. The lowest BCUT2D eigenvalue weighted by Crippen LogP contribution is -1.82. The summed E-state index contributed by atoms with van der Waals surface area (Å²) in [6.07, 6.45) is 30.9. The summed E-state index contributed by atoms with van der Waals surface area (Å²) in [5.74, 6) is 0.181. The molecule has 0 aromatic heterocycles. The number of benzene rings is 1. The second-order valence-corrected chi connectivity index (χ2v) is 7.91. The second-order valence-electron chi connectivity index (χ2n) is 7.91. The molecule has 162 valence electrons. The monoisotopic (exact) mass is 398 g/mol. The van der Waals surface area contributed by atoms with Crippen molar-refractivity contribution < 1.29 is 10.2 Å². The van der Waals surface area contributed by atoms with Crippen LogP contribution in [-0.2, 0) is 0 Å². The summed E-state index contributed by atoms with van der Waals surface area (Å²) in [6.45, 7) is 2.28. The second kappa shape index (κ2) is 18.1. The standard InChI is InChI=1S/C27H42O2/c1-2-3-4-5-6-7-8-9-10-11-12-13-14-15-16-17-18-19-20-22-25-26(28)23-21-24-27(25)29/h16-24,28-29H,2-15H2,1H3. The summed E-state index contributed by atoms with van der Waals surface area (Å²) in [5, 5.41) is 19.4. The van der Waals surface area contributed by atoms with Crippen LogP contribution in [0, 0.1) is 0 Å². The van der Waals surface area contributed by atoms with Crippen LogP contribution in [0.5, 0.6) is 11.5 Å². The van der Waals surface area contributed by atoms with E-state index in [1.165, 1.54) is 83.5 Å². The van der Waals surface area contributed by atoms with E-state index in [1.54, 1.807) is 24.3 Å². The fourth-order valence-corrected chi connectivity index (χ4v) is 3.45. The lowest BCUT2D eigenvalue weighted by molar-refractivity contribution is 0.448. The van der Waals surface area contributed by atoms with Gasteiger partial charge in [-0.1, -0.05) is 120 Å². The number of rotatable bonds is 17. The maximum absolute atomic E-state index is 9.69. The fraction of sp³-hybridized carbons (Fsp3) is 0.556. The van der Waals surface area contributed by atoms with Gasteiger partial charge in [0.25, 0.3) is 0 Å². The first-order valence-corrected chi connectivity index (χ1v) is 11.8. The van der Waals surface area contributed by atoms with Gasteiger partial charge in [-0.25, -0.2) is 0 Å². The fourth-order valence-electron chi connectivity index (χ4n) is 3.45. The van der Waals surface area contributed by atoms with Crippen molar-refractivity contribution in [2.45, 2.75) is 96.8 Å².